The van der Waals surface area contributed by atoms with Crippen molar-refractivity contribution in [2.24, 2.45) is 5.73 Å². The number of thiophene rings is 1. The Morgan fingerprint density at radius 1 is 0.491 bits per heavy atom. The number of benzene rings is 8. The Hall–Kier alpha value is -6.54. The largest absolute Gasteiger partial charge is 0.456 e. The number of hydrogen-bond donors (Lipinski definition) is 3. The van der Waals surface area contributed by atoms with E-state index < -0.39 is 0 Å². The lowest BCUT2D eigenvalue weighted by molar-refractivity contribution is 0.385. The molecule has 0 aliphatic rings. The molecule has 0 aliphatic heterocycles. The Morgan fingerprint density at radius 2 is 1.11 bits per heavy atom. The minimum absolute atomic E-state index is 0.187. The van der Waals surface area contributed by atoms with Crippen molar-refractivity contribution in [3.8, 4) is 22.3 Å². The quantitative estimate of drug-likeness (QED) is 0.128. The summed E-state index contributed by atoms with van der Waals surface area (Å²) in [5.74, 6) is 0. The summed E-state index contributed by atoms with van der Waals surface area (Å²) in [5.41, 5.74) is 18.2. The molecule has 0 amide bonds. The van der Waals surface area contributed by atoms with Crippen LogP contribution in [0.25, 0.3) is 86.3 Å². The molecule has 274 valence electrons. The van der Waals surface area contributed by atoms with E-state index in [9.17, 15) is 0 Å². The Kier molecular flexibility index (Phi) is 8.23. The lowest BCUT2D eigenvalue weighted by Crippen LogP contribution is -2.39. The molecule has 2 unspecified atom stereocenters. The molecule has 0 fully saturated rings. The van der Waals surface area contributed by atoms with Crippen molar-refractivity contribution in [2.45, 2.75) is 18.9 Å². The number of rotatable bonds is 9. The number of nitrogens with two attached hydrogens (primary N) is 1. The van der Waals surface area contributed by atoms with Crippen LogP contribution in [0.1, 0.15) is 29.0 Å². The number of hydrogen-bond acceptors (Lipinski definition) is 6. The van der Waals surface area contributed by atoms with Gasteiger partial charge in [0.1, 0.15) is 22.3 Å². The maximum atomic E-state index is 6.75. The number of fused-ring (bicyclic) bond motifs is 9. The molecule has 0 radical (unpaired) electrons. The number of para-hydroxylation sites is 2. The van der Waals surface area contributed by atoms with Crippen LogP contribution in [0, 0.1) is 0 Å². The lowest BCUT2D eigenvalue weighted by Gasteiger charge is -2.25. The van der Waals surface area contributed by atoms with E-state index in [0.29, 0.717) is 6.54 Å². The second-order valence-electron chi connectivity index (χ2n) is 14.6. The van der Waals surface area contributed by atoms with Crippen LogP contribution < -0.4 is 16.4 Å². The van der Waals surface area contributed by atoms with E-state index in [1.165, 1.54) is 31.3 Å². The average Bonchev–Trinajstić information content (AvgIpc) is 3.97. The van der Waals surface area contributed by atoms with E-state index >= 15 is 0 Å². The molecule has 0 bridgehead atoms. The monoisotopic (exact) mass is 755 g/mol. The zero-order chi connectivity index (χ0) is 37.9. The van der Waals surface area contributed by atoms with E-state index in [1.54, 1.807) is 0 Å². The van der Waals surface area contributed by atoms with Gasteiger partial charge >= 0.3 is 0 Å². The van der Waals surface area contributed by atoms with Crippen LogP contribution in [0.15, 0.2) is 185 Å². The van der Waals surface area contributed by atoms with Crippen molar-refractivity contribution in [1.29, 1.82) is 0 Å². The summed E-state index contributed by atoms with van der Waals surface area (Å²) in [6, 6.07) is 61.6. The van der Waals surface area contributed by atoms with Gasteiger partial charge in [0.2, 0.25) is 0 Å². The van der Waals surface area contributed by atoms with Gasteiger partial charge in [-0.05, 0) is 52.1 Å². The molecule has 2 atom stereocenters. The molecule has 0 spiro atoms. The third-order valence-corrected chi connectivity index (χ3v) is 12.5. The third kappa shape index (κ3) is 5.81. The van der Waals surface area contributed by atoms with Gasteiger partial charge < -0.3 is 14.6 Å². The molecule has 8 aromatic carbocycles. The highest BCUT2D eigenvalue weighted by molar-refractivity contribution is 7.26. The minimum Gasteiger partial charge on any atom is -0.456 e. The zero-order valence-electron chi connectivity index (χ0n) is 30.9. The SMILES string of the molecule is NC(NC(NCc1cccc2c1oc1cccc(-c3cccc4c3sc3c(-c5ccc6c(c5)oc5ccccc56)cccc34)c12)c1ccccc1)c1ccccc1. The summed E-state index contributed by atoms with van der Waals surface area (Å²) < 4.78 is 15.6. The highest BCUT2D eigenvalue weighted by atomic mass is 32.1. The summed E-state index contributed by atoms with van der Waals surface area (Å²) in [4.78, 5) is 0. The van der Waals surface area contributed by atoms with Crippen molar-refractivity contribution in [1.82, 2.24) is 10.6 Å². The normalized spacial score (nSPS) is 13.1. The molecule has 6 heteroatoms. The van der Waals surface area contributed by atoms with Crippen molar-refractivity contribution in [3.05, 3.63) is 193 Å². The van der Waals surface area contributed by atoms with E-state index in [1.807, 2.05) is 59.9 Å². The summed E-state index contributed by atoms with van der Waals surface area (Å²) in [6.45, 7) is 0.578. The molecule has 4 N–H and O–H groups in total. The molecule has 5 nitrogen and oxygen atoms in total. The summed E-state index contributed by atoms with van der Waals surface area (Å²) in [5, 5.41) is 14.4. The molecule has 57 heavy (non-hydrogen) atoms. The summed E-state index contributed by atoms with van der Waals surface area (Å²) in [7, 11) is 0. The molecule has 3 heterocycles. The van der Waals surface area contributed by atoms with Crippen LogP contribution in [0.4, 0.5) is 0 Å². The molecule has 0 aliphatic carbocycles. The fraction of sp³-hybridized carbons (Fsp3) is 0.0588. The first kappa shape index (κ1) is 33.8. The highest BCUT2D eigenvalue weighted by Crippen LogP contribution is 2.47. The summed E-state index contributed by atoms with van der Waals surface area (Å²) in [6.07, 6.45) is -0.533. The lowest BCUT2D eigenvalue weighted by atomic mass is 9.96. The number of furan rings is 2. The van der Waals surface area contributed by atoms with E-state index in [0.717, 1.165) is 71.7 Å². The van der Waals surface area contributed by atoms with Gasteiger partial charge in [-0.3, -0.25) is 10.6 Å². The molecule has 0 saturated heterocycles. The van der Waals surface area contributed by atoms with Crippen LogP contribution in [-0.4, -0.2) is 0 Å². The van der Waals surface area contributed by atoms with Crippen molar-refractivity contribution in [2.75, 3.05) is 0 Å². The van der Waals surface area contributed by atoms with E-state index in [-0.39, 0.29) is 12.3 Å². The van der Waals surface area contributed by atoms with E-state index in [4.69, 9.17) is 14.6 Å². The van der Waals surface area contributed by atoms with Gasteiger partial charge in [0, 0.05) is 59.4 Å². The predicted molar refractivity (Wildman–Crippen MR) is 237 cm³/mol. The maximum Gasteiger partial charge on any atom is 0.139 e. The first-order valence-corrected chi connectivity index (χ1v) is 20.1. The van der Waals surface area contributed by atoms with Crippen molar-refractivity contribution < 1.29 is 8.83 Å². The Labute approximate surface area is 333 Å². The first-order valence-electron chi connectivity index (χ1n) is 19.3. The average molecular weight is 756 g/mol. The molecule has 0 saturated carbocycles. The smallest absolute Gasteiger partial charge is 0.139 e. The number of nitrogens with one attached hydrogen (secondary N) is 2. The standard InChI is InChI=1S/C51H37N3O2S/c52-50(31-13-3-1-4-14-31)54-51(32-15-5-2-6-16-32)53-30-34-17-9-24-42-46-38(20-12-26-44(46)56-47(34)42)39-21-11-23-41-40-22-10-19-35(48(40)57-49(39)41)33-27-28-37-36-18-7-8-25-43(36)55-45(37)29-33/h1-29,50-51,53-54H,30,52H2. The van der Waals surface area contributed by atoms with E-state index in [2.05, 4.69) is 138 Å². The Balaban J connectivity index is 0.982. The van der Waals surface area contributed by atoms with Crippen molar-refractivity contribution >= 4 is 75.4 Å². The van der Waals surface area contributed by atoms with Crippen LogP contribution in [-0.2, 0) is 6.54 Å². The fourth-order valence-corrected chi connectivity index (χ4v) is 9.85. The zero-order valence-corrected chi connectivity index (χ0v) is 31.7. The second kappa shape index (κ2) is 13.9. The topological polar surface area (TPSA) is 76.4 Å². The predicted octanol–water partition coefficient (Wildman–Crippen LogP) is 13.2. The van der Waals surface area contributed by atoms with Gasteiger partial charge in [-0.25, -0.2) is 0 Å². The first-order chi connectivity index (χ1) is 28.2. The van der Waals surface area contributed by atoms with Crippen LogP contribution in [0.3, 0.4) is 0 Å². The molecular formula is C51H37N3O2S. The summed E-state index contributed by atoms with van der Waals surface area (Å²) >= 11 is 1.86. The van der Waals surface area contributed by atoms with Crippen LogP contribution in [0.5, 0.6) is 0 Å². The highest BCUT2D eigenvalue weighted by Gasteiger charge is 2.21. The van der Waals surface area contributed by atoms with Gasteiger partial charge in [-0.15, -0.1) is 11.3 Å². The van der Waals surface area contributed by atoms with Gasteiger partial charge in [0.05, 0.1) is 12.3 Å². The maximum absolute atomic E-state index is 6.75. The minimum atomic E-state index is -0.346. The van der Waals surface area contributed by atoms with Crippen LogP contribution in [0.2, 0.25) is 0 Å². The second-order valence-corrected chi connectivity index (χ2v) is 15.7. The van der Waals surface area contributed by atoms with Gasteiger partial charge in [-0.1, -0.05) is 152 Å². The Morgan fingerprint density at radius 3 is 1.93 bits per heavy atom. The van der Waals surface area contributed by atoms with Crippen LogP contribution >= 0.6 is 11.3 Å². The third-order valence-electron chi connectivity index (χ3n) is 11.2. The molecule has 11 rings (SSSR count). The van der Waals surface area contributed by atoms with Gasteiger partial charge in [0.25, 0.3) is 0 Å². The van der Waals surface area contributed by atoms with Gasteiger partial charge in [-0.2, -0.15) is 0 Å². The molecule has 11 aromatic rings. The van der Waals surface area contributed by atoms with Crippen molar-refractivity contribution in [3.63, 3.8) is 0 Å². The van der Waals surface area contributed by atoms with Gasteiger partial charge in [0.15, 0.2) is 0 Å². The molecule has 3 aromatic heterocycles. The Bertz CT molecular complexity index is 3250. The fourth-order valence-electron chi connectivity index (χ4n) is 8.49. The molecular weight excluding hydrogens is 719 g/mol.